The minimum atomic E-state index is 0. The van der Waals surface area contributed by atoms with Crippen molar-refractivity contribution in [3.63, 3.8) is 0 Å². The first-order valence-electron chi connectivity index (χ1n) is 6.04. The van der Waals surface area contributed by atoms with E-state index in [0.717, 1.165) is 22.3 Å². The lowest BCUT2D eigenvalue weighted by atomic mass is 10.2. The molecule has 20 heavy (non-hydrogen) atoms. The molecule has 6 nitrogen and oxygen atoms in total. The summed E-state index contributed by atoms with van der Waals surface area (Å²) >= 11 is 0. The van der Waals surface area contributed by atoms with Crippen LogP contribution in [-0.4, -0.2) is 29.6 Å². The largest absolute Gasteiger partial charge is 0.494 e. The number of ether oxygens (including phenoxy) is 1. The second-order valence-corrected chi connectivity index (χ2v) is 3.98. The van der Waals surface area contributed by atoms with Gasteiger partial charge in [-0.3, -0.25) is 10.3 Å². The van der Waals surface area contributed by atoms with Gasteiger partial charge in [0, 0.05) is 18.5 Å². The Bertz CT molecular complexity index is 629. The smallest absolute Gasteiger partial charge is 0.230 e. The topological polar surface area (TPSA) is 85.4 Å². The van der Waals surface area contributed by atoms with E-state index in [4.69, 9.17) is 10.5 Å². The number of rotatable bonds is 3. The first-order chi connectivity index (χ1) is 9.13. The van der Waals surface area contributed by atoms with Crippen molar-refractivity contribution in [3.8, 4) is 5.75 Å². The molecular weight excluding hydrogens is 369 g/mol. The summed E-state index contributed by atoms with van der Waals surface area (Å²) in [5.41, 5.74) is 7.30. The van der Waals surface area contributed by atoms with Gasteiger partial charge in [-0.2, -0.15) is 0 Å². The van der Waals surface area contributed by atoms with E-state index < -0.39 is 0 Å². The molecule has 0 aliphatic carbocycles. The Morgan fingerprint density at radius 3 is 2.80 bits per heavy atom. The number of hydrogen-bond donors (Lipinski definition) is 2. The number of aliphatic imine (C=N–C) groups is 1. The molecule has 2 rings (SSSR count). The van der Waals surface area contributed by atoms with Crippen LogP contribution in [0.15, 0.2) is 23.2 Å². The van der Waals surface area contributed by atoms with E-state index in [1.54, 1.807) is 7.05 Å². The minimum Gasteiger partial charge on any atom is -0.494 e. The number of nitrogens with one attached hydrogen (secondary N) is 1. The Hall–Kier alpha value is -1.64. The van der Waals surface area contributed by atoms with Crippen LogP contribution in [0.5, 0.6) is 5.75 Å². The molecule has 2 aromatic rings. The van der Waals surface area contributed by atoms with E-state index in [0.29, 0.717) is 12.6 Å². The van der Waals surface area contributed by atoms with Crippen LogP contribution in [0.4, 0.5) is 5.95 Å². The third-order valence-electron chi connectivity index (χ3n) is 2.65. The zero-order chi connectivity index (χ0) is 13.8. The molecule has 7 heteroatoms. The van der Waals surface area contributed by atoms with Crippen molar-refractivity contribution < 1.29 is 4.74 Å². The SMILES string of the molecule is CCOc1ccc2c(C)nc(NC(N)=NC)nc2c1.I. The maximum absolute atomic E-state index is 5.61. The van der Waals surface area contributed by atoms with Crippen LogP contribution >= 0.6 is 24.0 Å². The van der Waals surface area contributed by atoms with Crippen molar-refractivity contribution in [3.05, 3.63) is 23.9 Å². The molecule has 0 unspecified atom stereocenters. The fourth-order valence-corrected chi connectivity index (χ4v) is 1.75. The molecule has 0 saturated carbocycles. The Balaban J connectivity index is 0.00000200. The number of aromatic nitrogens is 2. The zero-order valence-corrected chi connectivity index (χ0v) is 14.0. The van der Waals surface area contributed by atoms with E-state index >= 15 is 0 Å². The average Bonchev–Trinajstić information content (AvgIpc) is 2.38. The van der Waals surface area contributed by atoms with Gasteiger partial charge >= 0.3 is 0 Å². The van der Waals surface area contributed by atoms with Gasteiger partial charge in [-0.25, -0.2) is 9.97 Å². The molecule has 0 atom stereocenters. The third-order valence-corrected chi connectivity index (χ3v) is 2.65. The highest BCUT2D eigenvalue weighted by molar-refractivity contribution is 14.0. The number of fused-ring (bicyclic) bond motifs is 1. The number of halogens is 1. The predicted molar refractivity (Wildman–Crippen MR) is 92.0 cm³/mol. The molecule has 3 N–H and O–H groups in total. The number of nitrogens with two attached hydrogens (primary N) is 1. The van der Waals surface area contributed by atoms with Crippen molar-refractivity contribution in [2.45, 2.75) is 13.8 Å². The first kappa shape index (κ1) is 16.4. The van der Waals surface area contributed by atoms with E-state index in [1.807, 2.05) is 32.0 Å². The molecule has 1 heterocycles. The van der Waals surface area contributed by atoms with Crippen LogP contribution in [0.3, 0.4) is 0 Å². The number of anilines is 1. The molecule has 1 aromatic heterocycles. The normalized spacial score (nSPS) is 11.1. The van der Waals surface area contributed by atoms with Gasteiger partial charge in [-0.15, -0.1) is 24.0 Å². The van der Waals surface area contributed by atoms with Crippen LogP contribution in [0.2, 0.25) is 0 Å². The van der Waals surface area contributed by atoms with Crippen LogP contribution < -0.4 is 15.8 Å². The lowest BCUT2D eigenvalue weighted by Crippen LogP contribution is -2.23. The number of guanidine groups is 1. The monoisotopic (exact) mass is 387 g/mol. The number of hydrogen-bond acceptors (Lipinski definition) is 4. The van der Waals surface area contributed by atoms with E-state index in [2.05, 4.69) is 20.3 Å². The van der Waals surface area contributed by atoms with Gasteiger partial charge in [0.2, 0.25) is 5.95 Å². The van der Waals surface area contributed by atoms with Crippen molar-refractivity contribution >= 4 is 46.8 Å². The van der Waals surface area contributed by atoms with Gasteiger partial charge in [-0.05, 0) is 26.0 Å². The van der Waals surface area contributed by atoms with Crippen LogP contribution in [0.25, 0.3) is 10.9 Å². The molecule has 0 amide bonds. The summed E-state index contributed by atoms with van der Waals surface area (Å²) in [5, 5.41) is 3.83. The second kappa shape index (κ2) is 7.22. The zero-order valence-electron chi connectivity index (χ0n) is 11.7. The van der Waals surface area contributed by atoms with Gasteiger partial charge < -0.3 is 10.5 Å². The predicted octanol–water partition coefficient (Wildman–Crippen LogP) is 2.31. The van der Waals surface area contributed by atoms with Crippen LogP contribution in [0, 0.1) is 6.92 Å². The van der Waals surface area contributed by atoms with Gasteiger partial charge in [0.1, 0.15) is 5.75 Å². The highest BCUT2D eigenvalue weighted by Gasteiger charge is 2.06. The Kier molecular flexibility index (Phi) is 5.93. The molecule has 0 bridgehead atoms. The first-order valence-corrected chi connectivity index (χ1v) is 6.04. The minimum absolute atomic E-state index is 0. The molecule has 0 aliphatic heterocycles. The Morgan fingerprint density at radius 1 is 1.40 bits per heavy atom. The highest BCUT2D eigenvalue weighted by Crippen LogP contribution is 2.22. The molecule has 0 fully saturated rings. The third kappa shape index (κ3) is 3.69. The second-order valence-electron chi connectivity index (χ2n) is 3.98. The van der Waals surface area contributed by atoms with Gasteiger partial charge in [0.15, 0.2) is 5.96 Å². The fourth-order valence-electron chi connectivity index (χ4n) is 1.75. The summed E-state index contributed by atoms with van der Waals surface area (Å²) in [6.07, 6.45) is 0. The summed E-state index contributed by atoms with van der Waals surface area (Å²) in [4.78, 5) is 12.6. The quantitative estimate of drug-likeness (QED) is 0.480. The maximum Gasteiger partial charge on any atom is 0.230 e. The molecular formula is C13H18IN5O. The summed E-state index contributed by atoms with van der Waals surface area (Å²) < 4.78 is 5.47. The summed E-state index contributed by atoms with van der Waals surface area (Å²) in [7, 11) is 1.60. The summed E-state index contributed by atoms with van der Waals surface area (Å²) in [6, 6.07) is 5.76. The van der Waals surface area contributed by atoms with Gasteiger partial charge in [-0.1, -0.05) is 0 Å². The molecule has 108 valence electrons. The molecule has 0 spiro atoms. The van der Waals surface area contributed by atoms with Crippen molar-refractivity contribution in [1.82, 2.24) is 9.97 Å². The molecule has 1 aromatic carbocycles. The van der Waals surface area contributed by atoms with Gasteiger partial charge in [0.25, 0.3) is 0 Å². The number of nitrogens with zero attached hydrogens (tertiary/aromatic N) is 3. The highest BCUT2D eigenvalue weighted by atomic mass is 127. The summed E-state index contributed by atoms with van der Waals surface area (Å²) in [5.74, 6) is 1.50. The van der Waals surface area contributed by atoms with E-state index in [1.165, 1.54) is 0 Å². The van der Waals surface area contributed by atoms with Gasteiger partial charge in [0.05, 0.1) is 17.8 Å². The van der Waals surface area contributed by atoms with E-state index in [9.17, 15) is 0 Å². The van der Waals surface area contributed by atoms with E-state index in [-0.39, 0.29) is 29.9 Å². The number of aryl methyl sites for hydroxylation is 1. The lowest BCUT2D eigenvalue weighted by molar-refractivity contribution is 0.340. The lowest BCUT2D eigenvalue weighted by Gasteiger charge is -2.08. The summed E-state index contributed by atoms with van der Waals surface area (Å²) in [6.45, 7) is 4.49. The fraction of sp³-hybridized carbons (Fsp3) is 0.308. The van der Waals surface area contributed by atoms with Crippen molar-refractivity contribution in [1.29, 1.82) is 0 Å². The Labute approximate surface area is 134 Å². The average molecular weight is 387 g/mol. The standard InChI is InChI=1S/C13H17N5O.HI/c1-4-19-9-5-6-10-8(2)16-13(17-11(10)7-9)18-12(14)15-3;/h5-7H,4H2,1-3H3,(H3,14,15,16,17,18);1H. The maximum atomic E-state index is 5.61. The van der Waals surface area contributed by atoms with Crippen molar-refractivity contribution in [2.75, 3.05) is 19.0 Å². The van der Waals surface area contributed by atoms with Crippen molar-refractivity contribution in [2.24, 2.45) is 10.7 Å². The number of benzene rings is 1. The van der Waals surface area contributed by atoms with Crippen LogP contribution in [-0.2, 0) is 0 Å². The molecule has 0 saturated heterocycles. The molecule has 0 aliphatic rings. The molecule has 0 radical (unpaired) electrons. The Morgan fingerprint density at radius 2 is 2.15 bits per heavy atom. The van der Waals surface area contributed by atoms with Crippen LogP contribution in [0.1, 0.15) is 12.6 Å².